The highest BCUT2D eigenvalue weighted by molar-refractivity contribution is 7.91. The monoisotopic (exact) mass is 342 g/mol. The van der Waals surface area contributed by atoms with E-state index in [2.05, 4.69) is 6.58 Å². The second-order valence-electron chi connectivity index (χ2n) is 5.28. The molecule has 1 aromatic rings. The Kier molecular flexibility index (Phi) is 3.71. The van der Waals surface area contributed by atoms with Crippen molar-refractivity contribution in [3.63, 3.8) is 0 Å². The van der Waals surface area contributed by atoms with E-state index in [1.807, 2.05) is 21.9 Å². The zero-order valence-electron chi connectivity index (χ0n) is 11.3. The van der Waals surface area contributed by atoms with Crippen LogP contribution in [-0.4, -0.2) is 48.6 Å². The number of benzene rings is 1. The summed E-state index contributed by atoms with van der Waals surface area (Å²) in [4.78, 5) is 3.89. The average Bonchev–Trinajstić information content (AvgIpc) is 2.84. The largest absolute Gasteiger partial charge is 0.339 e. The summed E-state index contributed by atoms with van der Waals surface area (Å²) in [5, 5.41) is 1.30. The summed E-state index contributed by atoms with van der Waals surface area (Å²) in [6.45, 7) is 4.29. The van der Waals surface area contributed by atoms with Gasteiger partial charge in [-0.05, 0) is 36.5 Å². The number of rotatable bonds is 3. The van der Waals surface area contributed by atoms with Gasteiger partial charge < -0.3 is 9.80 Å². The van der Waals surface area contributed by atoms with Crippen molar-refractivity contribution in [1.82, 2.24) is 4.90 Å². The minimum Gasteiger partial charge on any atom is -0.339 e. The first-order chi connectivity index (χ1) is 9.93. The lowest BCUT2D eigenvalue weighted by molar-refractivity contribution is 0.389. The van der Waals surface area contributed by atoms with Crippen LogP contribution < -0.4 is 4.90 Å². The SMILES string of the molecule is C=CCN1C(=S)N(c2ccc(Cl)cc2)[C@@H]2CS(=O)(=O)C[C@@H]21. The third kappa shape index (κ3) is 2.56. The molecule has 0 N–H and O–H groups in total. The lowest BCUT2D eigenvalue weighted by Gasteiger charge is -2.24. The standard InChI is InChI=1S/C14H15ClN2O2S2/c1-2-7-16-12-8-21(18,19)9-13(12)17(14(16)20)11-5-3-10(15)4-6-11/h2-6,12-13H,1,7-9H2/t12-,13+/m0/s1. The molecular formula is C14H15ClN2O2S2. The van der Waals surface area contributed by atoms with E-state index in [1.54, 1.807) is 18.2 Å². The average molecular weight is 343 g/mol. The maximum absolute atomic E-state index is 12.0. The molecule has 0 aliphatic carbocycles. The van der Waals surface area contributed by atoms with Crippen LogP contribution in [-0.2, 0) is 9.84 Å². The van der Waals surface area contributed by atoms with Crippen LogP contribution in [0.4, 0.5) is 5.69 Å². The summed E-state index contributed by atoms with van der Waals surface area (Å²) in [5.74, 6) is 0.282. The van der Waals surface area contributed by atoms with Gasteiger partial charge in [0.05, 0.1) is 23.6 Å². The zero-order valence-corrected chi connectivity index (χ0v) is 13.7. The van der Waals surface area contributed by atoms with Gasteiger partial charge in [0.25, 0.3) is 0 Å². The molecule has 2 saturated heterocycles. The van der Waals surface area contributed by atoms with E-state index >= 15 is 0 Å². The number of fused-ring (bicyclic) bond motifs is 1. The summed E-state index contributed by atoms with van der Waals surface area (Å²) in [5.41, 5.74) is 0.878. The predicted molar refractivity (Wildman–Crippen MR) is 89.7 cm³/mol. The molecule has 0 unspecified atom stereocenters. The Hall–Kier alpha value is -1.11. The van der Waals surface area contributed by atoms with Gasteiger partial charge >= 0.3 is 0 Å². The van der Waals surface area contributed by atoms with Crippen LogP contribution in [0.5, 0.6) is 0 Å². The lowest BCUT2D eigenvalue weighted by Crippen LogP contribution is -2.37. The third-order valence-electron chi connectivity index (χ3n) is 3.91. The third-order valence-corrected chi connectivity index (χ3v) is 6.29. The minimum absolute atomic E-state index is 0.101. The fraction of sp³-hybridized carbons (Fsp3) is 0.357. The van der Waals surface area contributed by atoms with Gasteiger partial charge in [0.1, 0.15) is 0 Å². The maximum atomic E-state index is 12.0. The van der Waals surface area contributed by atoms with Gasteiger partial charge in [-0.15, -0.1) is 6.58 Å². The van der Waals surface area contributed by atoms with Crippen molar-refractivity contribution >= 4 is 44.5 Å². The van der Waals surface area contributed by atoms with E-state index < -0.39 is 9.84 Å². The van der Waals surface area contributed by atoms with Crippen LogP contribution in [0.25, 0.3) is 0 Å². The Balaban J connectivity index is 2.01. The number of halogens is 1. The van der Waals surface area contributed by atoms with Gasteiger partial charge in [0.15, 0.2) is 14.9 Å². The molecule has 2 aliphatic rings. The van der Waals surface area contributed by atoms with Crippen LogP contribution in [0.1, 0.15) is 0 Å². The van der Waals surface area contributed by atoms with Crippen LogP contribution in [0.3, 0.4) is 0 Å². The molecule has 0 aromatic heterocycles. The van der Waals surface area contributed by atoms with Crippen molar-refractivity contribution in [3.8, 4) is 0 Å². The van der Waals surface area contributed by atoms with Crippen LogP contribution in [0.15, 0.2) is 36.9 Å². The Morgan fingerprint density at radius 1 is 1.29 bits per heavy atom. The molecule has 0 saturated carbocycles. The van der Waals surface area contributed by atoms with Gasteiger partial charge in [-0.25, -0.2) is 8.42 Å². The molecule has 3 rings (SSSR count). The van der Waals surface area contributed by atoms with Gasteiger partial charge in [0, 0.05) is 17.3 Å². The first kappa shape index (κ1) is 14.8. The smallest absolute Gasteiger partial charge is 0.177 e. The molecule has 0 radical (unpaired) electrons. The number of nitrogens with zero attached hydrogens (tertiary/aromatic N) is 2. The summed E-state index contributed by atoms with van der Waals surface area (Å²) >= 11 is 11.5. The quantitative estimate of drug-likeness (QED) is 0.621. The molecule has 0 spiro atoms. The topological polar surface area (TPSA) is 40.6 Å². The van der Waals surface area contributed by atoms with E-state index in [4.69, 9.17) is 23.8 Å². The van der Waals surface area contributed by atoms with Crippen molar-refractivity contribution in [3.05, 3.63) is 41.9 Å². The maximum Gasteiger partial charge on any atom is 0.177 e. The Morgan fingerprint density at radius 3 is 2.52 bits per heavy atom. The second-order valence-corrected chi connectivity index (χ2v) is 8.24. The summed E-state index contributed by atoms with van der Waals surface area (Å²) < 4.78 is 24.0. The van der Waals surface area contributed by atoms with E-state index in [0.717, 1.165) is 5.69 Å². The van der Waals surface area contributed by atoms with E-state index in [1.165, 1.54) is 0 Å². The number of hydrogen-bond acceptors (Lipinski definition) is 3. The number of thiocarbonyl (C=S) groups is 1. The molecule has 1 aromatic carbocycles. The molecule has 2 aliphatic heterocycles. The van der Waals surface area contributed by atoms with Crippen molar-refractivity contribution in [1.29, 1.82) is 0 Å². The van der Waals surface area contributed by atoms with E-state index in [-0.39, 0.29) is 23.6 Å². The fourth-order valence-corrected chi connectivity index (χ4v) is 5.56. The first-order valence-electron chi connectivity index (χ1n) is 6.59. The molecule has 2 fully saturated rings. The number of sulfone groups is 1. The Labute approximate surface area is 134 Å². The number of hydrogen-bond donors (Lipinski definition) is 0. The van der Waals surface area contributed by atoms with Gasteiger partial charge in [-0.2, -0.15) is 0 Å². The first-order valence-corrected chi connectivity index (χ1v) is 9.20. The van der Waals surface area contributed by atoms with Gasteiger partial charge in [-0.1, -0.05) is 17.7 Å². The van der Waals surface area contributed by atoms with E-state index in [0.29, 0.717) is 16.7 Å². The van der Waals surface area contributed by atoms with Crippen molar-refractivity contribution < 1.29 is 8.42 Å². The predicted octanol–water partition coefficient (Wildman–Crippen LogP) is 2.10. The highest BCUT2D eigenvalue weighted by atomic mass is 35.5. The zero-order chi connectivity index (χ0) is 15.2. The second kappa shape index (κ2) is 5.26. The lowest BCUT2D eigenvalue weighted by atomic mass is 10.1. The Morgan fingerprint density at radius 2 is 1.90 bits per heavy atom. The van der Waals surface area contributed by atoms with Crippen molar-refractivity contribution in [2.24, 2.45) is 0 Å². The molecule has 4 nitrogen and oxygen atoms in total. The van der Waals surface area contributed by atoms with Crippen LogP contribution in [0.2, 0.25) is 5.02 Å². The van der Waals surface area contributed by atoms with Gasteiger partial charge in [-0.3, -0.25) is 0 Å². The molecule has 21 heavy (non-hydrogen) atoms. The summed E-state index contributed by atoms with van der Waals surface area (Å²) in [7, 11) is -3.03. The van der Waals surface area contributed by atoms with Crippen LogP contribution >= 0.6 is 23.8 Å². The highest BCUT2D eigenvalue weighted by Crippen LogP contribution is 2.35. The van der Waals surface area contributed by atoms with E-state index in [9.17, 15) is 8.42 Å². The molecular weight excluding hydrogens is 328 g/mol. The normalized spacial score (nSPS) is 27.0. The van der Waals surface area contributed by atoms with Crippen molar-refractivity contribution in [2.75, 3.05) is 23.0 Å². The minimum atomic E-state index is -3.03. The molecule has 112 valence electrons. The molecule has 2 atom stereocenters. The molecule has 0 bridgehead atoms. The summed E-state index contributed by atoms with van der Waals surface area (Å²) in [6, 6.07) is 7.07. The molecule has 7 heteroatoms. The number of anilines is 1. The highest BCUT2D eigenvalue weighted by Gasteiger charge is 2.51. The van der Waals surface area contributed by atoms with Crippen LogP contribution in [0, 0.1) is 0 Å². The van der Waals surface area contributed by atoms with Gasteiger partial charge in [0.2, 0.25) is 0 Å². The summed E-state index contributed by atoms with van der Waals surface area (Å²) in [6.07, 6.45) is 1.75. The fourth-order valence-electron chi connectivity index (χ4n) is 3.03. The Bertz CT molecular complexity index is 687. The molecule has 2 heterocycles. The van der Waals surface area contributed by atoms with Crippen molar-refractivity contribution in [2.45, 2.75) is 12.1 Å². The molecule has 0 amide bonds.